The Morgan fingerprint density at radius 3 is 2.84 bits per heavy atom. The van der Waals surface area contributed by atoms with E-state index in [2.05, 4.69) is 10.4 Å². The molecule has 1 N–H and O–H groups in total. The van der Waals surface area contributed by atoms with Crippen molar-refractivity contribution in [3.05, 3.63) is 74.8 Å². The summed E-state index contributed by atoms with van der Waals surface area (Å²) in [6.45, 7) is 0.325. The van der Waals surface area contributed by atoms with Crippen LogP contribution in [0.4, 0.5) is 4.39 Å². The molecule has 0 saturated heterocycles. The Morgan fingerprint density at radius 2 is 2.08 bits per heavy atom. The molecular formula is C18H15ClFN3O2. The number of halogens is 2. The molecule has 3 rings (SSSR count). The van der Waals surface area contributed by atoms with Gasteiger partial charge in [-0.15, -0.1) is 0 Å². The van der Waals surface area contributed by atoms with E-state index in [1.165, 1.54) is 16.8 Å². The largest absolute Gasteiger partial charge is 0.350 e. The number of carbonyl (C=O) groups excluding carboxylic acids is 1. The van der Waals surface area contributed by atoms with Crippen LogP contribution in [0.15, 0.2) is 47.3 Å². The van der Waals surface area contributed by atoms with Crippen molar-refractivity contribution < 1.29 is 9.18 Å². The fourth-order valence-electron chi connectivity index (χ4n) is 2.59. The summed E-state index contributed by atoms with van der Waals surface area (Å²) in [5.41, 5.74) is 0.579. The van der Waals surface area contributed by atoms with Gasteiger partial charge in [-0.25, -0.2) is 4.39 Å². The number of benzene rings is 2. The molecule has 0 unspecified atom stereocenters. The number of hydrogen-bond acceptors (Lipinski definition) is 3. The molecule has 7 heteroatoms. The summed E-state index contributed by atoms with van der Waals surface area (Å²) in [6.07, 6.45) is 0.564. The summed E-state index contributed by atoms with van der Waals surface area (Å²) in [7, 11) is 1.60. The van der Waals surface area contributed by atoms with Gasteiger partial charge < -0.3 is 5.32 Å². The number of nitrogens with zero attached hydrogens (tertiary/aromatic N) is 2. The average molecular weight is 360 g/mol. The summed E-state index contributed by atoms with van der Waals surface area (Å²) in [6, 6.07) is 11.1. The zero-order valence-electron chi connectivity index (χ0n) is 13.4. The number of rotatable bonds is 4. The summed E-state index contributed by atoms with van der Waals surface area (Å²) in [5, 5.41) is 7.43. The van der Waals surface area contributed by atoms with Gasteiger partial charge in [0.15, 0.2) is 5.69 Å². The molecule has 0 saturated carbocycles. The number of hydrogen-bond donors (Lipinski definition) is 1. The lowest BCUT2D eigenvalue weighted by Crippen LogP contribution is -2.33. The molecule has 1 amide bonds. The number of aryl methyl sites for hydroxylation is 1. The normalized spacial score (nSPS) is 10.8. The highest BCUT2D eigenvalue weighted by atomic mass is 35.5. The Bertz CT molecular complexity index is 1020. The molecule has 0 radical (unpaired) electrons. The molecule has 5 nitrogen and oxygen atoms in total. The third-order valence-corrected chi connectivity index (χ3v) is 4.06. The first-order chi connectivity index (χ1) is 12.0. The maximum absolute atomic E-state index is 13.4. The molecule has 0 aliphatic rings. The van der Waals surface area contributed by atoms with Crippen LogP contribution in [-0.4, -0.2) is 22.2 Å². The molecule has 0 fully saturated rings. The molecule has 0 aliphatic carbocycles. The first-order valence-corrected chi connectivity index (χ1v) is 8.03. The van der Waals surface area contributed by atoms with E-state index in [1.54, 1.807) is 13.1 Å². The van der Waals surface area contributed by atoms with Gasteiger partial charge in [0, 0.05) is 18.6 Å². The summed E-state index contributed by atoms with van der Waals surface area (Å²) in [4.78, 5) is 24.7. The molecule has 1 aromatic heterocycles. The van der Waals surface area contributed by atoms with Crippen molar-refractivity contribution in [1.82, 2.24) is 15.1 Å². The number of nitrogens with one attached hydrogen (secondary N) is 1. The van der Waals surface area contributed by atoms with Crippen LogP contribution >= 0.6 is 11.6 Å². The Morgan fingerprint density at radius 1 is 1.28 bits per heavy atom. The Kier molecular flexibility index (Phi) is 4.81. The van der Waals surface area contributed by atoms with Crippen LogP contribution in [0.3, 0.4) is 0 Å². The first-order valence-electron chi connectivity index (χ1n) is 7.65. The maximum Gasteiger partial charge on any atom is 0.275 e. The van der Waals surface area contributed by atoms with E-state index in [0.29, 0.717) is 23.5 Å². The molecule has 3 aromatic rings. The Hall–Kier alpha value is -2.73. The van der Waals surface area contributed by atoms with Gasteiger partial charge in [-0.1, -0.05) is 23.7 Å². The van der Waals surface area contributed by atoms with E-state index in [9.17, 15) is 14.0 Å². The molecule has 25 heavy (non-hydrogen) atoms. The van der Waals surface area contributed by atoms with Crippen LogP contribution in [0.2, 0.25) is 5.02 Å². The predicted octanol–water partition coefficient (Wildman–Crippen LogP) is 2.70. The van der Waals surface area contributed by atoms with E-state index in [1.807, 2.05) is 18.2 Å². The van der Waals surface area contributed by atoms with Crippen molar-refractivity contribution in [2.75, 3.05) is 6.54 Å². The van der Waals surface area contributed by atoms with Crippen LogP contribution in [-0.2, 0) is 13.5 Å². The minimum atomic E-state index is -0.590. The molecule has 2 aromatic carbocycles. The van der Waals surface area contributed by atoms with Crippen molar-refractivity contribution in [3.63, 3.8) is 0 Å². The van der Waals surface area contributed by atoms with Crippen molar-refractivity contribution >= 4 is 28.4 Å². The average Bonchev–Trinajstić information content (AvgIpc) is 2.58. The second-order valence-electron chi connectivity index (χ2n) is 5.60. The summed E-state index contributed by atoms with van der Waals surface area (Å²) >= 11 is 5.92. The second-order valence-corrected chi connectivity index (χ2v) is 6.04. The lowest BCUT2D eigenvalue weighted by atomic mass is 10.1. The van der Waals surface area contributed by atoms with Crippen molar-refractivity contribution in [2.24, 2.45) is 7.05 Å². The smallest absolute Gasteiger partial charge is 0.275 e. The molecule has 128 valence electrons. The Balaban J connectivity index is 1.80. The van der Waals surface area contributed by atoms with E-state index in [0.717, 1.165) is 11.6 Å². The topological polar surface area (TPSA) is 64.0 Å². The standard InChI is InChI=1S/C18H15ClFN3O2/c1-23-15-6-5-13(20)10-14(15)17(24)16(22-23)18(25)21-8-7-11-3-2-4-12(19)9-11/h2-6,9-10H,7-8H2,1H3,(H,21,25). The zero-order chi connectivity index (χ0) is 18.0. The van der Waals surface area contributed by atoms with Gasteiger partial charge in [0.1, 0.15) is 5.82 Å². The van der Waals surface area contributed by atoms with Crippen LogP contribution in [0.1, 0.15) is 16.1 Å². The van der Waals surface area contributed by atoms with Gasteiger partial charge in [-0.05, 0) is 42.3 Å². The number of amides is 1. The van der Waals surface area contributed by atoms with Gasteiger partial charge in [0.25, 0.3) is 5.91 Å². The maximum atomic E-state index is 13.4. The summed E-state index contributed by atoms with van der Waals surface area (Å²) in [5.74, 6) is -1.13. The van der Waals surface area contributed by atoms with Gasteiger partial charge in [-0.3, -0.25) is 14.3 Å². The number of carbonyl (C=O) groups is 1. The van der Waals surface area contributed by atoms with Gasteiger partial charge >= 0.3 is 0 Å². The summed E-state index contributed by atoms with van der Waals surface area (Å²) < 4.78 is 14.8. The Labute approximate surface area is 148 Å². The second kappa shape index (κ2) is 7.03. The zero-order valence-corrected chi connectivity index (χ0v) is 14.2. The van der Waals surface area contributed by atoms with Crippen molar-refractivity contribution in [3.8, 4) is 0 Å². The van der Waals surface area contributed by atoms with Gasteiger partial charge in [0.2, 0.25) is 5.43 Å². The fraction of sp³-hybridized carbons (Fsp3) is 0.167. The molecule has 1 heterocycles. The highest BCUT2D eigenvalue weighted by Crippen LogP contribution is 2.12. The quantitative estimate of drug-likeness (QED) is 0.779. The third-order valence-electron chi connectivity index (χ3n) is 3.82. The van der Waals surface area contributed by atoms with Gasteiger partial charge in [0.05, 0.1) is 10.9 Å². The predicted molar refractivity (Wildman–Crippen MR) is 94.4 cm³/mol. The molecular weight excluding hydrogens is 345 g/mol. The van der Waals surface area contributed by atoms with Gasteiger partial charge in [-0.2, -0.15) is 5.10 Å². The lowest BCUT2D eigenvalue weighted by molar-refractivity contribution is 0.0946. The van der Waals surface area contributed by atoms with E-state index >= 15 is 0 Å². The third kappa shape index (κ3) is 3.69. The van der Waals surface area contributed by atoms with Crippen LogP contribution in [0.25, 0.3) is 10.9 Å². The van der Waals surface area contributed by atoms with Crippen molar-refractivity contribution in [1.29, 1.82) is 0 Å². The monoisotopic (exact) mass is 359 g/mol. The van der Waals surface area contributed by atoms with Crippen LogP contribution < -0.4 is 10.7 Å². The highest BCUT2D eigenvalue weighted by molar-refractivity contribution is 6.30. The van der Waals surface area contributed by atoms with Crippen molar-refractivity contribution in [2.45, 2.75) is 6.42 Å². The molecule has 0 spiro atoms. The highest BCUT2D eigenvalue weighted by Gasteiger charge is 2.16. The first kappa shape index (κ1) is 17.1. The van der Waals surface area contributed by atoms with Crippen LogP contribution in [0, 0.1) is 5.82 Å². The SMILES string of the molecule is Cn1nc(C(=O)NCCc2cccc(Cl)c2)c(=O)c2cc(F)ccc21. The number of fused-ring (bicyclic) bond motifs is 1. The minimum absolute atomic E-state index is 0.123. The minimum Gasteiger partial charge on any atom is -0.350 e. The molecule has 0 atom stereocenters. The van der Waals surface area contributed by atoms with E-state index in [4.69, 9.17) is 11.6 Å². The van der Waals surface area contributed by atoms with Crippen LogP contribution in [0.5, 0.6) is 0 Å². The van der Waals surface area contributed by atoms with E-state index < -0.39 is 17.2 Å². The number of aromatic nitrogens is 2. The van der Waals surface area contributed by atoms with E-state index in [-0.39, 0.29) is 11.1 Å². The lowest BCUT2D eigenvalue weighted by Gasteiger charge is -2.09. The molecule has 0 bridgehead atoms. The fourth-order valence-corrected chi connectivity index (χ4v) is 2.81. The molecule has 0 aliphatic heterocycles.